The molecule has 2 N–H and O–H groups in total. The van der Waals surface area contributed by atoms with E-state index in [0.717, 1.165) is 4.90 Å². The molecule has 1 aliphatic rings. The third kappa shape index (κ3) is 2.17. The van der Waals surface area contributed by atoms with Crippen LogP contribution in [0.2, 0.25) is 5.02 Å². The molecule has 0 bridgehead atoms. The van der Waals surface area contributed by atoms with Crippen molar-refractivity contribution >= 4 is 29.6 Å². The van der Waals surface area contributed by atoms with E-state index in [1.54, 1.807) is 13.0 Å². The maximum atomic E-state index is 11.8. The highest BCUT2D eigenvalue weighted by molar-refractivity contribution is 6.32. The number of halogens is 1. The number of amides is 3. The molecule has 0 radical (unpaired) electrons. The maximum Gasteiger partial charge on any atom is 0.328 e. The number of benzene rings is 1. The molecule has 1 aromatic rings. The summed E-state index contributed by atoms with van der Waals surface area (Å²) in [6.07, 6.45) is 1.52. The molecule has 1 aliphatic heterocycles. The second-order valence-corrected chi connectivity index (χ2v) is 4.16. The molecule has 5 nitrogen and oxygen atoms in total. The third-order valence-corrected chi connectivity index (χ3v) is 2.86. The van der Waals surface area contributed by atoms with Gasteiger partial charge in [-0.3, -0.25) is 9.69 Å². The third-order valence-electron chi connectivity index (χ3n) is 2.56. The average Bonchev–Trinajstić information content (AvgIpc) is 2.59. The van der Waals surface area contributed by atoms with Gasteiger partial charge in [0.1, 0.15) is 11.4 Å². The Balaban J connectivity index is 2.32. The monoisotopic (exact) mass is 266 g/mol. The zero-order valence-electron chi connectivity index (χ0n) is 9.61. The highest BCUT2D eigenvalue weighted by Gasteiger charge is 2.31. The number of urea groups is 1. The molecule has 6 heteroatoms. The molecule has 1 fully saturated rings. The van der Waals surface area contributed by atoms with Crippen molar-refractivity contribution in [2.75, 3.05) is 6.54 Å². The maximum absolute atomic E-state index is 11.8. The fourth-order valence-electron chi connectivity index (χ4n) is 1.64. The molecule has 0 atom stereocenters. The van der Waals surface area contributed by atoms with Crippen molar-refractivity contribution in [1.29, 1.82) is 0 Å². The van der Waals surface area contributed by atoms with E-state index in [2.05, 4.69) is 5.32 Å². The minimum atomic E-state index is -0.432. The minimum absolute atomic E-state index is 0.0317. The molecule has 1 heterocycles. The predicted octanol–water partition coefficient (Wildman–Crippen LogP) is 1.96. The molecule has 0 spiro atoms. The van der Waals surface area contributed by atoms with Crippen LogP contribution in [-0.4, -0.2) is 28.5 Å². The molecular formula is C12H11ClN2O3. The first-order valence-corrected chi connectivity index (χ1v) is 5.73. The summed E-state index contributed by atoms with van der Waals surface area (Å²) in [5.41, 5.74) is 0.822. The number of hydrogen-bond donors (Lipinski definition) is 2. The van der Waals surface area contributed by atoms with Gasteiger partial charge in [0, 0.05) is 6.54 Å². The summed E-state index contributed by atoms with van der Waals surface area (Å²) in [6, 6.07) is 4.10. The van der Waals surface area contributed by atoms with Crippen molar-refractivity contribution in [3.8, 4) is 5.75 Å². The van der Waals surface area contributed by atoms with Crippen molar-refractivity contribution in [3.05, 3.63) is 34.5 Å². The predicted molar refractivity (Wildman–Crippen MR) is 67.0 cm³/mol. The Morgan fingerprint density at radius 1 is 1.44 bits per heavy atom. The summed E-state index contributed by atoms with van der Waals surface area (Å²) >= 11 is 5.76. The highest BCUT2D eigenvalue weighted by Crippen LogP contribution is 2.25. The van der Waals surface area contributed by atoms with Crippen molar-refractivity contribution in [2.45, 2.75) is 6.92 Å². The second kappa shape index (κ2) is 4.70. The van der Waals surface area contributed by atoms with Gasteiger partial charge in [0.15, 0.2) is 0 Å². The Morgan fingerprint density at radius 2 is 2.17 bits per heavy atom. The van der Waals surface area contributed by atoms with Gasteiger partial charge in [-0.15, -0.1) is 0 Å². The number of rotatable bonds is 2. The van der Waals surface area contributed by atoms with E-state index in [1.807, 2.05) is 0 Å². The van der Waals surface area contributed by atoms with Gasteiger partial charge in [-0.05, 0) is 30.7 Å². The largest absolute Gasteiger partial charge is 0.506 e. The summed E-state index contributed by atoms with van der Waals surface area (Å²) in [6.45, 7) is 2.04. The molecule has 2 rings (SSSR count). The first-order chi connectivity index (χ1) is 8.52. The van der Waals surface area contributed by atoms with Crippen LogP contribution in [0.15, 0.2) is 23.9 Å². The lowest BCUT2D eigenvalue weighted by atomic mass is 10.2. The fourth-order valence-corrected chi connectivity index (χ4v) is 1.83. The summed E-state index contributed by atoms with van der Waals surface area (Å²) in [4.78, 5) is 24.3. The summed E-state index contributed by atoms with van der Waals surface area (Å²) in [5.74, 6) is -0.400. The van der Waals surface area contributed by atoms with E-state index in [9.17, 15) is 14.7 Å². The van der Waals surface area contributed by atoms with Gasteiger partial charge < -0.3 is 10.4 Å². The summed E-state index contributed by atoms with van der Waals surface area (Å²) in [5, 5.41) is 11.9. The van der Waals surface area contributed by atoms with E-state index >= 15 is 0 Å². The normalized spacial score (nSPS) is 17.4. The number of carbonyl (C=O) groups excluding carboxylic acids is 2. The van der Waals surface area contributed by atoms with Crippen molar-refractivity contribution in [2.24, 2.45) is 0 Å². The zero-order valence-corrected chi connectivity index (χ0v) is 10.4. The minimum Gasteiger partial charge on any atom is -0.506 e. The van der Waals surface area contributed by atoms with E-state index in [4.69, 9.17) is 11.6 Å². The Kier molecular flexibility index (Phi) is 3.25. The number of aromatic hydroxyl groups is 1. The molecule has 1 aromatic carbocycles. The summed E-state index contributed by atoms with van der Waals surface area (Å²) in [7, 11) is 0. The molecular weight excluding hydrogens is 256 g/mol. The van der Waals surface area contributed by atoms with Crippen LogP contribution in [0.1, 0.15) is 12.5 Å². The molecule has 18 heavy (non-hydrogen) atoms. The van der Waals surface area contributed by atoms with Crippen molar-refractivity contribution in [3.63, 3.8) is 0 Å². The molecule has 0 saturated carbocycles. The number of nitrogens with one attached hydrogen (secondary N) is 1. The number of likely N-dealkylation sites (N-methyl/N-ethyl adjacent to an activating group) is 1. The number of carbonyl (C=O) groups is 2. The second-order valence-electron chi connectivity index (χ2n) is 3.75. The van der Waals surface area contributed by atoms with E-state index in [0.29, 0.717) is 12.1 Å². The topological polar surface area (TPSA) is 69.6 Å². The molecule has 0 unspecified atom stereocenters. The first-order valence-electron chi connectivity index (χ1n) is 5.36. The molecule has 1 saturated heterocycles. The van der Waals surface area contributed by atoms with Gasteiger partial charge in [0.2, 0.25) is 0 Å². The van der Waals surface area contributed by atoms with Crippen LogP contribution in [0.4, 0.5) is 4.79 Å². The van der Waals surface area contributed by atoms with Gasteiger partial charge in [0.05, 0.1) is 5.02 Å². The van der Waals surface area contributed by atoms with Crippen LogP contribution in [0.5, 0.6) is 5.75 Å². The molecule has 3 amide bonds. The smallest absolute Gasteiger partial charge is 0.328 e. The van der Waals surface area contributed by atoms with Crippen molar-refractivity contribution in [1.82, 2.24) is 10.2 Å². The van der Waals surface area contributed by atoms with Crippen molar-refractivity contribution < 1.29 is 14.7 Å². The highest BCUT2D eigenvalue weighted by atomic mass is 35.5. The molecule has 0 aliphatic carbocycles. The fraction of sp³-hybridized carbons (Fsp3) is 0.167. The number of phenols is 1. The average molecular weight is 267 g/mol. The molecule has 94 valence electrons. The van der Waals surface area contributed by atoms with Crippen LogP contribution in [0.3, 0.4) is 0 Å². The lowest BCUT2D eigenvalue weighted by molar-refractivity contribution is -0.122. The van der Waals surface area contributed by atoms with Gasteiger partial charge in [-0.25, -0.2) is 4.79 Å². The van der Waals surface area contributed by atoms with Crippen LogP contribution in [0, 0.1) is 0 Å². The number of hydrogen-bond acceptors (Lipinski definition) is 3. The lowest BCUT2D eigenvalue weighted by Crippen LogP contribution is -2.30. The van der Waals surface area contributed by atoms with Crippen LogP contribution in [0.25, 0.3) is 6.08 Å². The number of nitrogens with zero attached hydrogens (tertiary/aromatic N) is 1. The van der Waals surface area contributed by atoms with E-state index in [1.165, 1.54) is 18.2 Å². The Morgan fingerprint density at radius 3 is 2.72 bits per heavy atom. The number of imide groups is 1. The Bertz CT molecular complexity index is 554. The standard InChI is InChI=1S/C12H11ClN2O3/c1-2-15-11(17)9(14-12(15)18)6-7-3-4-10(16)8(13)5-7/h3-6,16H,2H2,1H3,(H,14,18)/b9-6-. The SMILES string of the molecule is CCN1C(=O)N/C(=C\c2ccc(O)c(Cl)c2)C1=O. The Labute approximate surface area is 109 Å². The zero-order chi connectivity index (χ0) is 13.3. The van der Waals surface area contributed by atoms with Gasteiger partial charge in [-0.1, -0.05) is 17.7 Å². The van der Waals surface area contributed by atoms with Crippen LogP contribution >= 0.6 is 11.6 Å². The van der Waals surface area contributed by atoms with E-state index in [-0.39, 0.29) is 22.4 Å². The molecule has 0 aromatic heterocycles. The van der Waals surface area contributed by atoms with E-state index < -0.39 is 6.03 Å². The van der Waals surface area contributed by atoms with Crippen LogP contribution in [-0.2, 0) is 4.79 Å². The first kappa shape index (κ1) is 12.4. The number of phenolic OH excluding ortho intramolecular Hbond substituents is 1. The van der Waals surface area contributed by atoms with Gasteiger partial charge in [-0.2, -0.15) is 0 Å². The van der Waals surface area contributed by atoms with Gasteiger partial charge in [0.25, 0.3) is 5.91 Å². The van der Waals surface area contributed by atoms with Gasteiger partial charge >= 0.3 is 6.03 Å². The van der Waals surface area contributed by atoms with Crippen LogP contribution < -0.4 is 5.32 Å². The Hall–Kier alpha value is -2.01. The lowest BCUT2D eigenvalue weighted by Gasteiger charge is -2.06. The summed E-state index contributed by atoms with van der Waals surface area (Å²) < 4.78 is 0. The quantitative estimate of drug-likeness (QED) is 0.635.